The molecule has 0 aliphatic carbocycles. The van der Waals surface area contributed by atoms with Crippen LogP contribution in [0.25, 0.3) is 22.2 Å². The lowest BCUT2D eigenvalue weighted by Crippen LogP contribution is -2.28. The van der Waals surface area contributed by atoms with Gasteiger partial charge >= 0.3 is 12.1 Å². The number of aryl methyl sites for hydroxylation is 2. The molecule has 1 unspecified atom stereocenters. The van der Waals surface area contributed by atoms with Gasteiger partial charge in [-0.25, -0.2) is 14.6 Å². The van der Waals surface area contributed by atoms with Crippen LogP contribution in [0.2, 0.25) is 0 Å². The Labute approximate surface area is 189 Å². The van der Waals surface area contributed by atoms with Crippen molar-refractivity contribution >= 4 is 22.8 Å². The molecule has 1 aliphatic rings. The zero-order valence-corrected chi connectivity index (χ0v) is 18.0. The fraction of sp³-hybridized carbons (Fsp3) is 0.240. The van der Waals surface area contributed by atoms with Gasteiger partial charge in [0.25, 0.3) is 0 Å². The van der Waals surface area contributed by atoms with Crippen LogP contribution in [0.4, 0.5) is 4.79 Å². The molecule has 8 heteroatoms. The lowest BCUT2D eigenvalue weighted by atomic mass is 10.1. The summed E-state index contributed by atoms with van der Waals surface area (Å²) in [6.45, 7) is 2.16. The first kappa shape index (κ1) is 20.8. The molecule has 1 saturated heterocycles. The van der Waals surface area contributed by atoms with E-state index in [1.54, 1.807) is 6.26 Å². The van der Waals surface area contributed by atoms with Crippen molar-refractivity contribution in [2.75, 3.05) is 0 Å². The summed E-state index contributed by atoms with van der Waals surface area (Å²) in [7, 11) is 0. The van der Waals surface area contributed by atoms with E-state index < -0.39 is 18.1 Å². The van der Waals surface area contributed by atoms with Gasteiger partial charge < -0.3 is 23.6 Å². The summed E-state index contributed by atoms with van der Waals surface area (Å²) in [5.41, 5.74) is 1.66. The minimum absolute atomic E-state index is 0.282. The fourth-order valence-corrected chi connectivity index (χ4v) is 3.83. The van der Waals surface area contributed by atoms with E-state index in [2.05, 4.69) is 15.0 Å². The highest BCUT2D eigenvalue weighted by Crippen LogP contribution is 2.28. The van der Waals surface area contributed by atoms with Crippen LogP contribution in [0.15, 0.2) is 63.6 Å². The molecule has 1 atom stereocenters. The Hall–Kier alpha value is -4.07. The molecular formula is C25H22N2O6. The Morgan fingerprint density at radius 1 is 1.12 bits per heavy atom. The van der Waals surface area contributed by atoms with Gasteiger partial charge in [0.05, 0.1) is 6.26 Å². The van der Waals surface area contributed by atoms with Crippen LogP contribution in [0, 0.1) is 6.92 Å². The number of esters is 1. The van der Waals surface area contributed by atoms with Gasteiger partial charge in [-0.1, -0.05) is 18.2 Å². The molecule has 3 heterocycles. The van der Waals surface area contributed by atoms with E-state index >= 15 is 0 Å². The zero-order valence-electron chi connectivity index (χ0n) is 18.0. The van der Waals surface area contributed by atoms with Crippen molar-refractivity contribution in [1.82, 2.24) is 10.3 Å². The van der Waals surface area contributed by atoms with Crippen LogP contribution < -0.4 is 10.1 Å². The smallest absolute Gasteiger partial charge is 0.415 e. The summed E-state index contributed by atoms with van der Waals surface area (Å²) in [5, 5.41) is 4.42. The maximum absolute atomic E-state index is 11.6. The Morgan fingerprint density at radius 2 is 1.97 bits per heavy atom. The molecule has 0 bridgehead atoms. The number of hydrogen-bond acceptors (Lipinski definition) is 7. The summed E-state index contributed by atoms with van der Waals surface area (Å²) in [5.74, 6) is 2.26. The van der Waals surface area contributed by atoms with Crippen LogP contribution in [0.1, 0.15) is 30.1 Å². The second-order valence-electron chi connectivity index (χ2n) is 7.88. The number of ether oxygens (including phenoxy) is 2. The van der Waals surface area contributed by atoms with E-state index in [9.17, 15) is 9.59 Å². The van der Waals surface area contributed by atoms with Crippen LogP contribution in [-0.2, 0) is 22.6 Å². The van der Waals surface area contributed by atoms with Gasteiger partial charge in [-0.15, -0.1) is 0 Å². The third-order valence-electron chi connectivity index (χ3n) is 5.61. The fourth-order valence-electron chi connectivity index (χ4n) is 3.83. The number of aromatic nitrogens is 1. The molecule has 0 spiro atoms. The predicted molar refractivity (Wildman–Crippen MR) is 119 cm³/mol. The average molecular weight is 446 g/mol. The maximum Gasteiger partial charge on any atom is 0.415 e. The number of hydrogen-bond donors (Lipinski definition) is 1. The normalized spacial score (nSPS) is 15.6. The number of amides is 1. The molecule has 2 aromatic carbocycles. The van der Waals surface area contributed by atoms with E-state index in [4.69, 9.17) is 13.6 Å². The first-order chi connectivity index (χ1) is 16.1. The van der Waals surface area contributed by atoms with E-state index in [0.29, 0.717) is 30.9 Å². The monoisotopic (exact) mass is 446 g/mol. The Morgan fingerprint density at radius 3 is 2.76 bits per heavy atom. The van der Waals surface area contributed by atoms with Crippen molar-refractivity contribution < 1.29 is 27.9 Å². The van der Waals surface area contributed by atoms with Gasteiger partial charge in [0.1, 0.15) is 35.6 Å². The number of fused-ring (bicyclic) bond motifs is 1. The third-order valence-corrected chi connectivity index (χ3v) is 5.61. The second kappa shape index (κ2) is 8.82. The van der Waals surface area contributed by atoms with Crippen molar-refractivity contribution in [2.45, 2.75) is 38.8 Å². The molecule has 8 nitrogen and oxygen atoms in total. The zero-order chi connectivity index (χ0) is 22.8. The molecule has 1 N–H and O–H groups in total. The van der Waals surface area contributed by atoms with Crippen molar-refractivity contribution in [3.8, 4) is 17.2 Å². The van der Waals surface area contributed by atoms with Crippen LogP contribution in [0.5, 0.6) is 5.75 Å². The summed E-state index contributed by atoms with van der Waals surface area (Å²) in [6.07, 6.45) is 2.78. The minimum atomic E-state index is -0.687. The minimum Gasteiger partial charge on any atom is -0.487 e. The summed E-state index contributed by atoms with van der Waals surface area (Å²) in [4.78, 5) is 27.3. The van der Waals surface area contributed by atoms with Gasteiger partial charge in [0.15, 0.2) is 0 Å². The molecular weight excluding hydrogens is 424 g/mol. The summed E-state index contributed by atoms with van der Waals surface area (Å²) >= 11 is 0. The first-order valence-electron chi connectivity index (χ1n) is 10.7. The first-order valence-corrected chi connectivity index (χ1v) is 10.7. The lowest BCUT2D eigenvalue weighted by molar-refractivity contribution is -0.135. The van der Waals surface area contributed by atoms with Crippen molar-refractivity contribution in [3.63, 3.8) is 0 Å². The number of rotatable bonds is 8. The number of nitrogens with zero attached hydrogens (tertiary/aromatic N) is 1. The highest BCUT2D eigenvalue weighted by Gasteiger charge is 2.31. The average Bonchev–Trinajstić information content (AvgIpc) is 3.49. The quantitative estimate of drug-likeness (QED) is 0.302. The number of carbonyl (C=O) groups is 2. The SMILES string of the molecule is Cc1oc(-c2ccccc2)nc1COc1ccc2coc(CCCC3NC(=O)OC3=O)c2c1. The maximum atomic E-state index is 11.6. The van der Waals surface area contributed by atoms with Crippen molar-refractivity contribution in [3.05, 3.63) is 72.0 Å². The Bertz CT molecular complexity index is 1310. The number of furan rings is 1. The molecule has 5 rings (SSSR count). The van der Waals surface area contributed by atoms with E-state index in [0.717, 1.165) is 33.6 Å². The van der Waals surface area contributed by atoms with Crippen LogP contribution >= 0.6 is 0 Å². The Kier molecular flexibility index (Phi) is 5.56. The number of alkyl carbamates (subject to hydrolysis) is 1. The molecule has 1 aliphatic heterocycles. The number of nitrogens with one attached hydrogen (secondary N) is 1. The van der Waals surface area contributed by atoms with Gasteiger partial charge in [0, 0.05) is 22.8 Å². The Balaban J connectivity index is 1.24. The standard InChI is InChI=1S/C25H22N2O6/c1-15-21(26-23(32-15)16-6-3-2-4-7-16)14-30-18-11-10-17-13-31-22(19(17)12-18)9-5-8-20-24(28)33-25(29)27-20/h2-4,6-7,10-13,20H,5,8-9,14H2,1H3,(H,27,29). The molecule has 33 heavy (non-hydrogen) atoms. The molecule has 0 radical (unpaired) electrons. The van der Waals surface area contributed by atoms with Crippen molar-refractivity contribution in [1.29, 1.82) is 0 Å². The van der Waals surface area contributed by atoms with Gasteiger partial charge in [-0.05, 0) is 50.1 Å². The predicted octanol–water partition coefficient (Wildman–Crippen LogP) is 4.93. The van der Waals surface area contributed by atoms with Crippen LogP contribution in [0.3, 0.4) is 0 Å². The van der Waals surface area contributed by atoms with Gasteiger partial charge in [-0.2, -0.15) is 0 Å². The van der Waals surface area contributed by atoms with Crippen LogP contribution in [-0.4, -0.2) is 23.1 Å². The highest BCUT2D eigenvalue weighted by atomic mass is 16.6. The molecule has 2 aromatic heterocycles. The molecule has 168 valence electrons. The second-order valence-corrected chi connectivity index (χ2v) is 7.88. The molecule has 1 amide bonds. The van der Waals surface area contributed by atoms with E-state index in [1.165, 1.54) is 0 Å². The molecule has 1 fully saturated rings. The van der Waals surface area contributed by atoms with Gasteiger partial charge in [0.2, 0.25) is 5.89 Å². The number of oxazole rings is 1. The van der Waals surface area contributed by atoms with E-state index in [-0.39, 0.29) is 6.61 Å². The third kappa shape index (κ3) is 4.45. The molecule has 0 saturated carbocycles. The largest absolute Gasteiger partial charge is 0.487 e. The van der Waals surface area contributed by atoms with Gasteiger partial charge in [-0.3, -0.25) is 0 Å². The molecule has 4 aromatic rings. The number of benzene rings is 2. The number of cyclic esters (lactones) is 2. The summed E-state index contributed by atoms with van der Waals surface area (Å²) < 4.78 is 22.0. The van der Waals surface area contributed by atoms with Crippen molar-refractivity contribution in [2.24, 2.45) is 0 Å². The summed E-state index contributed by atoms with van der Waals surface area (Å²) in [6, 6.07) is 14.9. The topological polar surface area (TPSA) is 104 Å². The lowest BCUT2D eigenvalue weighted by Gasteiger charge is -2.06. The number of carbonyl (C=O) groups excluding carboxylic acids is 2. The van der Waals surface area contributed by atoms with E-state index in [1.807, 2.05) is 55.5 Å². The highest BCUT2D eigenvalue weighted by molar-refractivity contribution is 5.95.